The molecule has 1 amide bonds. The van der Waals surface area contributed by atoms with Crippen LogP contribution in [0.1, 0.15) is 24.5 Å². The summed E-state index contributed by atoms with van der Waals surface area (Å²) in [4.78, 5) is 11.5. The van der Waals surface area contributed by atoms with Crippen LogP contribution in [0.4, 0.5) is 0 Å². The van der Waals surface area contributed by atoms with Crippen LogP contribution in [0, 0.1) is 6.92 Å². The summed E-state index contributed by atoms with van der Waals surface area (Å²) in [5, 5.41) is 2.76. The van der Waals surface area contributed by atoms with Crippen LogP contribution in [-0.2, 0) is 9.53 Å². The average Bonchev–Trinajstić information content (AvgIpc) is 2.64. The number of hydrogen-bond donors (Lipinski definition) is 2. The first-order valence-electron chi connectivity index (χ1n) is 5.15. The van der Waals surface area contributed by atoms with Gasteiger partial charge in [-0.1, -0.05) is 0 Å². The predicted molar refractivity (Wildman–Crippen MR) is 59.9 cm³/mol. The molecule has 2 atom stereocenters. The summed E-state index contributed by atoms with van der Waals surface area (Å²) >= 11 is 0. The Balaban J connectivity index is 2.71. The molecule has 3 N–H and O–H groups in total. The van der Waals surface area contributed by atoms with Crippen molar-refractivity contribution in [1.29, 1.82) is 0 Å². The van der Waals surface area contributed by atoms with Gasteiger partial charge in [0.2, 0.25) is 5.91 Å². The molecule has 0 aliphatic rings. The summed E-state index contributed by atoms with van der Waals surface area (Å²) in [5.41, 5.74) is 5.48. The quantitative estimate of drug-likeness (QED) is 0.776. The van der Waals surface area contributed by atoms with Crippen molar-refractivity contribution in [2.75, 3.05) is 13.7 Å². The molecule has 1 aromatic heterocycles. The van der Waals surface area contributed by atoms with E-state index in [1.54, 1.807) is 14.0 Å². The highest BCUT2D eigenvalue weighted by molar-refractivity contribution is 5.81. The smallest absolute Gasteiger partial charge is 0.237 e. The SMILES string of the molecule is COCC(NC(=O)C(C)N)c1ccc(C)o1. The number of ether oxygens (including phenoxy) is 1. The topological polar surface area (TPSA) is 77.5 Å². The molecule has 90 valence electrons. The lowest BCUT2D eigenvalue weighted by atomic mass is 10.2. The van der Waals surface area contributed by atoms with Crippen LogP contribution in [0.5, 0.6) is 0 Å². The van der Waals surface area contributed by atoms with Gasteiger partial charge >= 0.3 is 0 Å². The number of furan rings is 1. The van der Waals surface area contributed by atoms with E-state index in [2.05, 4.69) is 5.32 Å². The standard InChI is InChI=1S/C11H18N2O3/c1-7-4-5-10(16-7)9(6-15-3)13-11(14)8(2)12/h4-5,8-9H,6,12H2,1-3H3,(H,13,14). The molecule has 5 nitrogen and oxygen atoms in total. The molecule has 1 rings (SSSR count). The molecule has 0 saturated carbocycles. The predicted octanol–water partition coefficient (Wildman–Crippen LogP) is 0.739. The fraction of sp³-hybridized carbons (Fsp3) is 0.545. The van der Waals surface area contributed by atoms with Gasteiger partial charge in [-0.2, -0.15) is 0 Å². The Morgan fingerprint density at radius 3 is 2.75 bits per heavy atom. The van der Waals surface area contributed by atoms with E-state index in [4.69, 9.17) is 14.9 Å². The largest absolute Gasteiger partial charge is 0.464 e. The highest BCUT2D eigenvalue weighted by Crippen LogP contribution is 2.16. The second-order valence-electron chi connectivity index (χ2n) is 3.75. The number of methoxy groups -OCH3 is 1. The van der Waals surface area contributed by atoms with Crippen LogP contribution in [0.2, 0.25) is 0 Å². The fourth-order valence-electron chi connectivity index (χ4n) is 1.31. The van der Waals surface area contributed by atoms with Crippen LogP contribution in [0.3, 0.4) is 0 Å². The summed E-state index contributed by atoms with van der Waals surface area (Å²) in [7, 11) is 1.57. The van der Waals surface area contributed by atoms with Crippen molar-refractivity contribution in [3.05, 3.63) is 23.7 Å². The molecule has 0 aromatic carbocycles. The minimum Gasteiger partial charge on any atom is -0.464 e. The van der Waals surface area contributed by atoms with E-state index in [-0.39, 0.29) is 11.9 Å². The van der Waals surface area contributed by atoms with Crippen molar-refractivity contribution < 1.29 is 13.9 Å². The molecule has 1 aromatic rings. The Labute approximate surface area is 94.9 Å². The molecule has 1 heterocycles. The Kier molecular flexibility index (Phi) is 4.52. The van der Waals surface area contributed by atoms with Crippen LogP contribution in [0.15, 0.2) is 16.5 Å². The van der Waals surface area contributed by atoms with E-state index < -0.39 is 6.04 Å². The van der Waals surface area contributed by atoms with Gasteiger partial charge in [0, 0.05) is 7.11 Å². The van der Waals surface area contributed by atoms with Gasteiger partial charge in [-0.15, -0.1) is 0 Å². The highest BCUT2D eigenvalue weighted by atomic mass is 16.5. The molecule has 0 spiro atoms. The van der Waals surface area contributed by atoms with E-state index in [0.717, 1.165) is 5.76 Å². The summed E-state index contributed by atoms with van der Waals surface area (Å²) < 4.78 is 10.5. The first kappa shape index (κ1) is 12.7. The number of carbonyl (C=O) groups excluding carboxylic acids is 1. The monoisotopic (exact) mass is 226 g/mol. The first-order chi connectivity index (χ1) is 7.54. The molecule has 2 unspecified atom stereocenters. The fourth-order valence-corrected chi connectivity index (χ4v) is 1.31. The van der Waals surface area contributed by atoms with Gasteiger partial charge in [-0.05, 0) is 26.0 Å². The molecule has 0 saturated heterocycles. The molecule has 0 aliphatic carbocycles. The lowest BCUT2D eigenvalue weighted by Crippen LogP contribution is -2.41. The van der Waals surface area contributed by atoms with E-state index in [0.29, 0.717) is 12.4 Å². The molecular weight excluding hydrogens is 208 g/mol. The minimum absolute atomic E-state index is 0.226. The van der Waals surface area contributed by atoms with Crippen molar-refractivity contribution >= 4 is 5.91 Å². The van der Waals surface area contributed by atoms with Crippen LogP contribution < -0.4 is 11.1 Å². The molecule has 0 bridgehead atoms. The second kappa shape index (κ2) is 5.67. The number of amides is 1. The van der Waals surface area contributed by atoms with E-state index in [1.165, 1.54) is 0 Å². The van der Waals surface area contributed by atoms with Crippen molar-refractivity contribution in [3.63, 3.8) is 0 Å². The Hall–Kier alpha value is -1.33. The van der Waals surface area contributed by atoms with Crippen molar-refractivity contribution in [2.45, 2.75) is 25.9 Å². The maximum atomic E-state index is 11.5. The molecule has 0 fully saturated rings. The Morgan fingerprint density at radius 1 is 1.62 bits per heavy atom. The summed E-state index contributed by atoms with van der Waals surface area (Å²) in [6.07, 6.45) is 0. The first-order valence-corrected chi connectivity index (χ1v) is 5.15. The minimum atomic E-state index is -0.546. The van der Waals surface area contributed by atoms with Crippen molar-refractivity contribution in [1.82, 2.24) is 5.32 Å². The third-order valence-corrected chi connectivity index (χ3v) is 2.17. The van der Waals surface area contributed by atoms with Gasteiger partial charge in [0.1, 0.15) is 17.6 Å². The van der Waals surface area contributed by atoms with Gasteiger partial charge in [0.05, 0.1) is 12.6 Å². The molecule has 5 heteroatoms. The van der Waals surface area contributed by atoms with Gasteiger partial charge in [-0.3, -0.25) is 4.79 Å². The number of carbonyl (C=O) groups is 1. The zero-order valence-corrected chi connectivity index (χ0v) is 9.82. The summed E-state index contributed by atoms with van der Waals surface area (Å²) in [6.45, 7) is 3.83. The molecular formula is C11H18N2O3. The summed E-state index contributed by atoms with van der Waals surface area (Å²) in [5.74, 6) is 1.25. The average molecular weight is 226 g/mol. The van der Waals surface area contributed by atoms with E-state index in [1.807, 2.05) is 19.1 Å². The lowest BCUT2D eigenvalue weighted by molar-refractivity contribution is -0.123. The van der Waals surface area contributed by atoms with E-state index in [9.17, 15) is 4.79 Å². The third kappa shape index (κ3) is 3.36. The number of nitrogens with two attached hydrogens (primary N) is 1. The van der Waals surface area contributed by atoms with Crippen LogP contribution in [-0.4, -0.2) is 25.7 Å². The molecule has 16 heavy (non-hydrogen) atoms. The number of nitrogens with one attached hydrogen (secondary N) is 1. The van der Waals surface area contributed by atoms with Gasteiger partial charge in [0.15, 0.2) is 0 Å². The van der Waals surface area contributed by atoms with Crippen LogP contribution >= 0.6 is 0 Å². The van der Waals surface area contributed by atoms with E-state index >= 15 is 0 Å². The highest BCUT2D eigenvalue weighted by Gasteiger charge is 2.19. The zero-order chi connectivity index (χ0) is 12.1. The number of aryl methyl sites for hydroxylation is 1. The zero-order valence-electron chi connectivity index (χ0n) is 9.82. The maximum Gasteiger partial charge on any atom is 0.237 e. The van der Waals surface area contributed by atoms with Gasteiger partial charge < -0.3 is 20.2 Å². The molecule has 0 radical (unpaired) electrons. The third-order valence-electron chi connectivity index (χ3n) is 2.17. The summed E-state index contributed by atoms with van der Waals surface area (Å²) in [6, 6.07) is 2.82. The molecule has 0 aliphatic heterocycles. The Morgan fingerprint density at radius 2 is 2.31 bits per heavy atom. The van der Waals surface area contributed by atoms with Crippen molar-refractivity contribution in [2.24, 2.45) is 5.73 Å². The number of hydrogen-bond acceptors (Lipinski definition) is 4. The number of rotatable bonds is 5. The van der Waals surface area contributed by atoms with Crippen LogP contribution in [0.25, 0.3) is 0 Å². The Bertz CT molecular complexity index is 347. The lowest BCUT2D eigenvalue weighted by Gasteiger charge is -2.17. The van der Waals surface area contributed by atoms with Gasteiger partial charge in [-0.25, -0.2) is 0 Å². The second-order valence-corrected chi connectivity index (χ2v) is 3.75. The van der Waals surface area contributed by atoms with Crippen molar-refractivity contribution in [3.8, 4) is 0 Å². The van der Waals surface area contributed by atoms with Gasteiger partial charge in [0.25, 0.3) is 0 Å². The maximum absolute atomic E-state index is 11.5. The normalized spacial score (nSPS) is 14.5.